The van der Waals surface area contributed by atoms with Crippen molar-refractivity contribution in [2.45, 2.75) is 39.8 Å². The molecule has 0 bridgehead atoms. The number of rotatable bonds is 5. The molecule has 0 aliphatic rings. The molecular formula is C19H20F3N7O. The molecule has 0 saturated carbocycles. The Morgan fingerprint density at radius 2 is 1.77 bits per heavy atom. The number of hydrogen-bond donors (Lipinski definition) is 2. The molecule has 0 atom stereocenters. The van der Waals surface area contributed by atoms with Crippen molar-refractivity contribution in [1.82, 2.24) is 30.2 Å². The molecule has 3 aromatic heterocycles. The molecule has 0 spiro atoms. The van der Waals surface area contributed by atoms with E-state index in [1.54, 1.807) is 19.9 Å². The van der Waals surface area contributed by atoms with Crippen LogP contribution in [-0.4, -0.2) is 30.6 Å². The van der Waals surface area contributed by atoms with Crippen molar-refractivity contribution in [2.24, 2.45) is 0 Å². The predicted molar refractivity (Wildman–Crippen MR) is 103 cm³/mol. The minimum atomic E-state index is -4.48. The summed E-state index contributed by atoms with van der Waals surface area (Å²) < 4.78 is 39.7. The molecule has 3 rings (SSSR count). The largest absolute Gasteiger partial charge is 0.417 e. The summed E-state index contributed by atoms with van der Waals surface area (Å²) >= 11 is 0. The van der Waals surface area contributed by atoms with Crippen LogP contribution in [0.5, 0.6) is 0 Å². The fourth-order valence-corrected chi connectivity index (χ4v) is 2.91. The first-order chi connectivity index (χ1) is 14.1. The van der Waals surface area contributed by atoms with E-state index in [1.165, 1.54) is 16.9 Å². The number of nitrogens with zero attached hydrogens (tertiary/aromatic N) is 5. The van der Waals surface area contributed by atoms with Crippen LogP contribution < -0.4 is 10.9 Å². The number of pyridine rings is 1. The average Bonchev–Trinajstić information content (AvgIpc) is 3.10. The molecule has 3 heterocycles. The van der Waals surface area contributed by atoms with Crippen molar-refractivity contribution < 1.29 is 18.0 Å². The molecule has 1 amide bonds. The van der Waals surface area contributed by atoms with Crippen molar-refractivity contribution in [3.05, 3.63) is 58.8 Å². The fourth-order valence-electron chi connectivity index (χ4n) is 2.91. The van der Waals surface area contributed by atoms with Crippen LogP contribution in [-0.2, 0) is 6.18 Å². The van der Waals surface area contributed by atoms with Gasteiger partial charge in [-0.15, -0.1) is 0 Å². The Morgan fingerprint density at radius 1 is 1.10 bits per heavy atom. The van der Waals surface area contributed by atoms with Gasteiger partial charge in [-0.05, 0) is 38.0 Å². The first kappa shape index (κ1) is 21.2. The summed E-state index contributed by atoms with van der Waals surface area (Å²) in [5, 5.41) is 4.16. The monoisotopic (exact) mass is 419 g/mol. The van der Waals surface area contributed by atoms with Crippen molar-refractivity contribution >= 4 is 11.9 Å². The quantitative estimate of drug-likeness (QED) is 0.614. The second kappa shape index (κ2) is 8.09. The van der Waals surface area contributed by atoms with Gasteiger partial charge >= 0.3 is 6.18 Å². The number of hydrogen-bond acceptors (Lipinski definition) is 6. The smallest absolute Gasteiger partial charge is 0.267 e. The highest BCUT2D eigenvalue weighted by atomic mass is 19.4. The third-order valence-corrected chi connectivity index (χ3v) is 4.16. The van der Waals surface area contributed by atoms with Gasteiger partial charge in [0, 0.05) is 17.6 Å². The van der Waals surface area contributed by atoms with E-state index in [2.05, 4.69) is 30.9 Å². The number of aryl methyl sites for hydroxylation is 2. The van der Waals surface area contributed by atoms with Crippen molar-refractivity contribution in [2.75, 3.05) is 5.43 Å². The number of aromatic nitrogens is 5. The SMILES string of the molecule is Cc1cc(C)nc(NNC(=O)c2cnn(-c3ccc(C(F)(F)F)cn3)c2C(C)C)n1. The van der Waals surface area contributed by atoms with Crippen molar-refractivity contribution in [3.63, 3.8) is 0 Å². The lowest BCUT2D eigenvalue weighted by molar-refractivity contribution is -0.137. The van der Waals surface area contributed by atoms with Crippen LogP contribution in [0.4, 0.5) is 19.1 Å². The molecule has 3 aromatic rings. The molecule has 0 unspecified atom stereocenters. The summed E-state index contributed by atoms with van der Waals surface area (Å²) in [6, 6.07) is 3.93. The number of hydrazine groups is 1. The molecule has 8 nitrogen and oxygen atoms in total. The highest BCUT2D eigenvalue weighted by molar-refractivity contribution is 5.96. The summed E-state index contributed by atoms with van der Waals surface area (Å²) in [5.41, 5.74) is 6.56. The van der Waals surface area contributed by atoms with Crippen LogP contribution in [0.15, 0.2) is 30.6 Å². The minimum absolute atomic E-state index is 0.158. The van der Waals surface area contributed by atoms with E-state index in [9.17, 15) is 18.0 Å². The highest BCUT2D eigenvalue weighted by Crippen LogP contribution is 2.29. The Balaban J connectivity index is 1.85. The van der Waals surface area contributed by atoms with Crippen molar-refractivity contribution in [1.29, 1.82) is 0 Å². The molecule has 0 aliphatic carbocycles. The van der Waals surface area contributed by atoms with Gasteiger partial charge in [0.1, 0.15) is 0 Å². The van der Waals surface area contributed by atoms with Gasteiger partial charge < -0.3 is 0 Å². The van der Waals surface area contributed by atoms with E-state index in [0.717, 1.165) is 23.7 Å². The summed E-state index contributed by atoms with van der Waals surface area (Å²) in [6.45, 7) is 7.29. The first-order valence-electron chi connectivity index (χ1n) is 9.06. The lowest BCUT2D eigenvalue weighted by Crippen LogP contribution is -2.31. The topological polar surface area (TPSA) is 97.6 Å². The lowest BCUT2D eigenvalue weighted by Gasteiger charge is -2.13. The first-order valence-corrected chi connectivity index (χ1v) is 9.06. The average molecular weight is 419 g/mol. The molecule has 30 heavy (non-hydrogen) atoms. The third-order valence-electron chi connectivity index (χ3n) is 4.16. The van der Waals surface area contributed by atoms with E-state index >= 15 is 0 Å². The number of halogens is 3. The maximum Gasteiger partial charge on any atom is 0.417 e. The van der Waals surface area contributed by atoms with Gasteiger partial charge in [0.15, 0.2) is 5.82 Å². The van der Waals surface area contributed by atoms with Crippen LogP contribution >= 0.6 is 0 Å². The normalized spacial score (nSPS) is 11.6. The second-order valence-electron chi connectivity index (χ2n) is 6.97. The summed E-state index contributed by atoms with van der Waals surface area (Å²) in [6.07, 6.45) is -2.41. The second-order valence-corrected chi connectivity index (χ2v) is 6.97. The Hall–Kier alpha value is -3.50. The number of nitrogens with one attached hydrogen (secondary N) is 2. The Morgan fingerprint density at radius 3 is 2.30 bits per heavy atom. The molecule has 2 N–H and O–H groups in total. The molecule has 0 aliphatic heterocycles. The Kier molecular flexibility index (Phi) is 5.72. The van der Waals surface area contributed by atoms with Crippen LogP contribution in [0.25, 0.3) is 5.82 Å². The van der Waals surface area contributed by atoms with E-state index < -0.39 is 17.6 Å². The molecule has 0 aromatic carbocycles. The number of amides is 1. The van der Waals surface area contributed by atoms with E-state index in [-0.39, 0.29) is 23.2 Å². The molecule has 0 fully saturated rings. The predicted octanol–water partition coefficient (Wildman–Crippen LogP) is 3.57. The van der Waals surface area contributed by atoms with Gasteiger partial charge in [-0.25, -0.2) is 19.6 Å². The zero-order valence-corrected chi connectivity index (χ0v) is 16.7. The Labute approximate surface area is 170 Å². The number of alkyl halides is 3. The maximum absolute atomic E-state index is 12.8. The van der Waals surface area contributed by atoms with Gasteiger partial charge in [0.2, 0.25) is 5.95 Å². The van der Waals surface area contributed by atoms with Gasteiger partial charge in [-0.1, -0.05) is 13.8 Å². The van der Waals surface area contributed by atoms with Crippen LogP contribution in [0.1, 0.15) is 52.8 Å². The number of carbonyl (C=O) groups excluding carboxylic acids is 1. The van der Waals surface area contributed by atoms with Gasteiger partial charge in [0.05, 0.1) is 23.0 Å². The van der Waals surface area contributed by atoms with Crippen LogP contribution in [0.3, 0.4) is 0 Å². The Bertz CT molecular complexity index is 1040. The van der Waals surface area contributed by atoms with Crippen LogP contribution in [0.2, 0.25) is 0 Å². The molecule has 0 radical (unpaired) electrons. The van der Waals surface area contributed by atoms with Gasteiger partial charge in [-0.3, -0.25) is 15.6 Å². The zero-order valence-electron chi connectivity index (χ0n) is 16.7. The van der Waals surface area contributed by atoms with Gasteiger partial charge in [0.25, 0.3) is 5.91 Å². The third kappa shape index (κ3) is 4.56. The summed E-state index contributed by atoms with van der Waals surface area (Å²) in [7, 11) is 0. The fraction of sp³-hybridized carbons (Fsp3) is 0.316. The van der Waals surface area contributed by atoms with Gasteiger partial charge in [-0.2, -0.15) is 18.3 Å². The molecule has 11 heteroatoms. The lowest BCUT2D eigenvalue weighted by atomic mass is 10.1. The minimum Gasteiger partial charge on any atom is -0.267 e. The number of carbonyl (C=O) groups is 1. The molecule has 0 saturated heterocycles. The zero-order chi connectivity index (χ0) is 22.1. The molecule has 158 valence electrons. The van der Waals surface area contributed by atoms with E-state index in [1.807, 2.05) is 13.8 Å². The standard InChI is InChI=1S/C19H20F3N7O/c1-10(2)16-14(17(30)27-28-18-25-11(3)7-12(4)26-18)9-24-29(16)15-6-5-13(8-23-15)19(20,21)22/h5-10H,1-4H3,(H,27,30)(H,25,26,28). The summed E-state index contributed by atoms with van der Waals surface area (Å²) in [5.74, 6) is -0.227. The summed E-state index contributed by atoms with van der Waals surface area (Å²) in [4.78, 5) is 24.9. The van der Waals surface area contributed by atoms with Crippen molar-refractivity contribution in [3.8, 4) is 5.82 Å². The van der Waals surface area contributed by atoms with E-state index in [4.69, 9.17) is 0 Å². The van der Waals surface area contributed by atoms with E-state index in [0.29, 0.717) is 5.69 Å². The van der Waals surface area contributed by atoms with Crippen LogP contribution in [0, 0.1) is 13.8 Å². The highest BCUT2D eigenvalue weighted by Gasteiger charge is 2.31. The molecular weight excluding hydrogens is 399 g/mol. The number of anilines is 1. The maximum atomic E-state index is 12.8.